The molecule has 0 aliphatic carbocycles. The number of carbonyl (C=O) groups excluding carboxylic acids is 2. The van der Waals surface area contributed by atoms with Gasteiger partial charge in [-0.05, 0) is 67.6 Å². The summed E-state index contributed by atoms with van der Waals surface area (Å²) in [4.78, 5) is 30.1. The number of nitrogens with one attached hydrogen (secondary N) is 1. The molecule has 0 saturated heterocycles. The van der Waals surface area contributed by atoms with Crippen LogP contribution in [0.1, 0.15) is 17.3 Å². The second-order valence-electron chi connectivity index (χ2n) is 8.01. The van der Waals surface area contributed by atoms with E-state index >= 15 is 0 Å². The van der Waals surface area contributed by atoms with Gasteiger partial charge in [0.1, 0.15) is 17.0 Å². The summed E-state index contributed by atoms with van der Waals surface area (Å²) >= 11 is 0. The van der Waals surface area contributed by atoms with Crippen LogP contribution in [0, 0.1) is 0 Å². The lowest BCUT2D eigenvalue weighted by molar-refractivity contribution is -0.123. The normalized spacial score (nSPS) is 11.6. The largest absolute Gasteiger partial charge is 0.457 e. The van der Waals surface area contributed by atoms with Crippen LogP contribution in [-0.4, -0.2) is 23.0 Å². The number of oxazole rings is 1. The van der Waals surface area contributed by atoms with Crippen LogP contribution in [0.4, 0.5) is 5.69 Å². The molecule has 1 N–H and O–H groups in total. The Bertz CT molecular complexity index is 1480. The highest BCUT2D eigenvalue weighted by molar-refractivity contribution is 6.00. The van der Waals surface area contributed by atoms with Crippen LogP contribution in [0.3, 0.4) is 0 Å². The van der Waals surface area contributed by atoms with Gasteiger partial charge in [0.2, 0.25) is 5.89 Å². The second-order valence-corrected chi connectivity index (χ2v) is 8.01. The van der Waals surface area contributed by atoms with Gasteiger partial charge in [-0.3, -0.25) is 4.79 Å². The number of aromatic nitrogens is 1. The van der Waals surface area contributed by atoms with Gasteiger partial charge in [-0.15, -0.1) is 0 Å². The second kappa shape index (κ2) is 10.1. The number of carbonyl (C=O) groups is 2. The average molecular weight is 479 g/mol. The van der Waals surface area contributed by atoms with Crippen molar-refractivity contribution in [2.24, 2.45) is 0 Å². The lowest BCUT2D eigenvalue weighted by atomic mass is 10.1. The molecule has 0 saturated carbocycles. The molecule has 1 amide bonds. The van der Waals surface area contributed by atoms with Gasteiger partial charge in [-0.25, -0.2) is 9.78 Å². The molecule has 5 aromatic rings. The van der Waals surface area contributed by atoms with Crippen molar-refractivity contribution in [3.8, 4) is 23.0 Å². The van der Waals surface area contributed by atoms with Crippen LogP contribution in [0.25, 0.3) is 22.6 Å². The predicted octanol–water partition coefficient (Wildman–Crippen LogP) is 6.47. The molecule has 0 fully saturated rings. The number of anilines is 1. The summed E-state index contributed by atoms with van der Waals surface area (Å²) in [6.45, 7) is 1.52. The summed E-state index contributed by atoms with van der Waals surface area (Å²) in [5.41, 5.74) is 2.59. The Balaban J connectivity index is 1.24. The number of hydrogen-bond donors (Lipinski definition) is 1. The van der Waals surface area contributed by atoms with Crippen molar-refractivity contribution in [1.82, 2.24) is 4.98 Å². The third-order valence-electron chi connectivity index (χ3n) is 5.43. The van der Waals surface area contributed by atoms with Crippen molar-refractivity contribution < 1.29 is 23.5 Å². The maximum absolute atomic E-state index is 13.0. The molecule has 4 aromatic carbocycles. The number of rotatable bonds is 7. The minimum Gasteiger partial charge on any atom is -0.457 e. The zero-order valence-corrected chi connectivity index (χ0v) is 19.4. The predicted molar refractivity (Wildman–Crippen MR) is 136 cm³/mol. The maximum Gasteiger partial charge on any atom is 0.339 e. The zero-order chi connectivity index (χ0) is 24.9. The Morgan fingerprint density at radius 2 is 1.47 bits per heavy atom. The molecule has 0 aliphatic rings. The fourth-order valence-corrected chi connectivity index (χ4v) is 3.59. The molecule has 7 nitrogen and oxygen atoms in total. The van der Waals surface area contributed by atoms with Gasteiger partial charge in [0.15, 0.2) is 11.7 Å². The first-order valence-electron chi connectivity index (χ1n) is 11.4. The lowest BCUT2D eigenvalue weighted by Crippen LogP contribution is -2.30. The Kier molecular flexibility index (Phi) is 6.44. The maximum atomic E-state index is 13.0. The van der Waals surface area contributed by atoms with Crippen LogP contribution >= 0.6 is 0 Å². The molecule has 36 heavy (non-hydrogen) atoms. The Morgan fingerprint density at radius 1 is 0.806 bits per heavy atom. The molecule has 1 aromatic heterocycles. The Labute approximate surface area is 207 Å². The van der Waals surface area contributed by atoms with Crippen LogP contribution in [0.5, 0.6) is 11.5 Å². The van der Waals surface area contributed by atoms with E-state index in [0.29, 0.717) is 39.7 Å². The summed E-state index contributed by atoms with van der Waals surface area (Å²) in [7, 11) is 0. The third kappa shape index (κ3) is 5.10. The summed E-state index contributed by atoms with van der Waals surface area (Å²) in [5.74, 6) is 0.544. The van der Waals surface area contributed by atoms with E-state index in [2.05, 4.69) is 10.3 Å². The molecule has 1 unspecified atom stereocenters. The molecular weight excluding hydrogens is 456 g/mol. The van der Waals surface area contributed by atoms with Crippen molar-refractivity contribution >= 4 is 28.7 Å². The van der Waals surface area contributed by atoms with Gasteiger partial charge in [0.05, 0.1) is 11.1 Å². The minimum absolute atomic E-state index is 0.256. The van der Waals surface area contributed by atoms with E-state index in [-0.39, 0.29) is 5.56 Å². The zero-order valence-electron chi connectivity index (χ0n) is 19.4. The molecule has 7 heteroatoms. The monoisotopic (exact) mass is 478 g/mol. The fraction of sp³-hybridized carbons (Fsp3) is 0.0690. The highest BCUT2D eigenvalue weighted by Crippen LogP contribution is 2.28. The number of nitrogens with zero attached hydrogens (tertiary/aromatic N) is 1. The number of hydrogen-bond acceptors (Lipinski definition) is 6. The van der Waals surface area contributed by atoms with Gasteiger partial charge >= 0.3 is 5.97 Å². The quantitative estimate of drug-likeness (QED) is 0.270. The molecule has 1 heterocycles. The van der Waals surface area contributed by atoms with E-state index in [1.54, 1.807) is 54.6 Å². The van der Waals surface area contributed by atoms with Crippen molar-refractivity contribution in [3.63, 3.8) is 0 Å². The number of amides is 1. The van der Waals surface area contributed by atoms with E-state index in [4.69, 9.17) is 13.9 Å². The number of esters is 1. The molecule has 0 radical (unpaired) electrons. The number of fused-ring (bicyclic) bond motifs is 1. The number of ether oxygens (including phenoxy) is 2. The van der Waals surface area contributed by atoms with E-state index in [1.807, 2.05) is 48.5 Å². The smallest absolute Gasteiger partial charge is 0.339 e. The van der Waals surface area contributed by atoms with Gasteiger partial charge in [-0.1, -0.05) is 42.5 Å². The van der Waals surface area contributed by atoms with Gasteiger partial charge < -0.3 is 19.2 Å². The molecular formula is C29H22N2O5. The lowest BCUT2D eigenvalue weighted by Gasteiger charge is -2.15. The molecule has 0 spiro atoms. The highest BCUT2D eigenvalue weighted by atomic mass is 16.5. The van der Waals surface area contributed by atoms with Crippen LogP contribution < -0.4 is 10.1 Å². The standard InChI is InChI=1S/C29H22N2O5/c1-19(27(32)30-20-15-17-22(18-16-20)35-21-9-3-2-4-10-21)34-29(33)24-12-6-5-11-23(24)28-31-25-13-7-8-14-26(25)36-28/h2-19H,1H3,(H,30,32). The highest BCUT2D eigenvalue weighted by Gasteiger charge is 2.23. The molecule has 1 atom stereocenters. The van der Waals surface area contributed by atoms with E-state index in [1.165, 1.54) is 6.92 Å². The Hall–Kier alpha value is -4.91. The Morgan fingerprint density at radius 3 is 2.25 bits per heavy atom. The SMILES string of the molecule is CC(OC(=O)c1ccccc1-c1nc2ccccc2o1)C(=O)Nc1ccc(Oc2ccccc2)cc1. The van der Waals surface area contributed by atoms with Gasteiger partial charge in [-0.2, -0.15) is 0 Å². The van der Waals surface area contributed by atoms with Crippen molar-refractivity contribution in [2.45, 2.75) is 13.0 Å². The topological polar surface area (TPSA) is 90.7 Å². The minimum atomic E-state index is -1.03. The van der Waals surface area contributed by atoms with E-state index in [9.17, 15) is 9.59 Å². The average Bonchev–Trinajstić information content (AvgIpc) is 3.34. The van der Waals surface area contributed by atoms with Crippen LogP contribution in [0.15, 0.2) is 108 Å². The fourth-order valence-electron chi connectivity index (χ4n) is 3.59. The first-order valence-corrected chi connectivity index (χ1v) is 11.4. The van der Waals surface area contributed by atoms with E-state index < -0.39 is 18.0 Å². The first kappa shape index (κ1) is 22.9. The van der Waals surface area contributed by atoms with Crippen LogP contribution in [0.2, 0.25) is 0 Å². The number of benzene rings is 4. The third-order valence-corrected chi connectivity index (χ3v) is 5.43. The van der Waals surface area contributed by atoms with Gasteiger partial charge in [0.25, 0.3) is 5.91 Å². The summed E-state index contributed by atoms with van der Waals surface area (Å²) in [5, 5.41) is 2.75. The van der Waals surface area contributed by atoms with Gasteiger partial charge in [0, 0.05) is 5.69 Å². The first-order chi connectivity index (χ1) is 17.6. The van der Waals surface area contributed by atoms with Crippen LogP contribution in [-0.2, 0) is 9.53 Å². The summed E-state index contributed by atoms with van der Waals surface area (Å²) in [6, 6.07) is 30.5. The van der Waals surface area contributed by atoms with Crippen molar-refractivity contribution in [3.05, 3.63) is 109 Å². The molecule has 0 bridgehead atoms. The molecule has 0 aliphatic heterocycles. The molecule has 5 rings (SSSR count). The van der Waals surface area contributed by atoms with Crippen molar-refractivity contribution in [2.75, 3.05) is 5.32 Å². The van der Waals surface area contributed by atoms with Crippen molar-refractivity contribution in [1.29, 1.82) is 0 Å². The summed E-state index contributed by atoms with van der Waals surface area (Å²) in [6.07, 6.45) is -1.03. The van der Waals surface area contributed by atoms with E-state index in [0.717, 1.165) is 0 Å². The summed E-state index contributed by atoms with van der Waals surface area (Å²) < 4.78 is 17.0. The molecule has 178 valence electrons. The number of para-hydroxylation sites is 3.